The fourth-order valence-corrected chi connectivity index (χ4v) is 5.58. The third kappa shape index (κ3) is 17.7. The number of carbonyl (C=O) groups excluding carboxylic acids is 4. The second-order valence-electron chi connectivity index (χ2n) is 15.1. The van der Waals surface area contributed by atoms with Gasteiger partial charge in [0.15, 0.2) is 0 Å². The van der Waals surface area contributed by atoms with Crippen LogP contribution in [0.1, 0.15) is 64.5 Å². The van der Waals surface area contributed by atoms with Gasteiger partial charge in [-0.3, -0.25) is 31.3 Å². The number of halogens is 6. The Kier molecular flexibility index (Phi) is 23.6. The Morgan fingerprint density at radius 1 is 0.571 bits per heavy atom. The van der Waals surface area contributed by atoms with Gasteiger partial charge in [0, 0.05) is 47.9 Å². The third-order valence-electron chi connectivity index (χ3n) is 9.01. The molecule has 0 unspecified atom stereocenters. The summed E-state index contributed by atoms with van der Waals surface area (Å²) in [6, 6.07) is 26.2. The van der Waals surface area contributed by atoms with Crippen LogP contribution in [0.15, 0.2) is 121 Å². The summed E-state index contributed by atoms with van der Waals surface area (Å²) in [4.78, 5) is 52.7. The van der Waals surface area contributed by atoms with Gasteiger partial charge >= 0.3 is 21.7 Å². The second kappa shape index (κ2) is 27.3. The Morgan fingerprint density at radius 2 is 0.921 bits per heavy atom. The Hall–Kier alpha value is -4.87. The number of aryl methyl sites for hydroxylation is 2. The van der Waals surface area contributed by atoms with Crippen LogP contribution in [0.5, 0.6) is 0 Å². The molecule has 63 heavy (non-hydrogen) atoms. The van der Waals surface area contributed by atoms with Crippen LogP contribution < -0.4 is 9.80 Å². The smallest absolute Gasteiger partial charge is 0.303 e. The molecule has 0 spiro atoms. The van der Waals surface area contributed by atoms with E-state index in [4.69, 9.17) is 23.2 Å². The molecule has 328 valence electrons. The maximum absolute atomic E-state index is 14.2. The summed E-state index contributed by atoms with van der Waals surface area (Å²) in [6.07, 6.45) is 20.8. The minimum Gasteiger partial charge on any atom is -0.303 e. The number of rotatable bonds is 12. The normalized spacial score (nSPS) is 12.1. The monoisotopic (exact) mass is 934 g/mol. The molecule has 0 aliphatic heterocycles. The van der Waals surface area contributed by atoms with Crippen molar-refractivity contribution in [3.05, 3.63) is 180 Å². The number of anilines is 2. The molecule has 6 nitrogen and oxygen atoms in total. The molecule has 0 saturated heterocycles. The molecular formula is C50H48Cl2F4N2O4Ti. The summed E-state index contributed by atoms with van der Waals surface area (Å²) in [5.74, 6) is -6.60. The third-order valence-corrected chi connectivity index (χ3v) is 10.3. The zero-order valence-electron chi connectivity index (χ0n) is 35.5. The van der Waals surface area contributed by atoms with E-state index < -0.39 is 57.7 Å². The van der Waals surface area contributed by atoms with E-state index in [1.807, 2.05) is 97.1 Å². The van der Waals surface area contributed by atoms with Crippen LogP contribution in [0.4, 0.5) is 28.9 Å². The molecule has 2 aliphatic rings. The quantitative estimate of drug-likeness (QED) is 0.0614. The van der Waals surface area contributed by atoms with Crippen LogP contribution in [-0.4, -0.2) is 35.4 Å². The number of imide groups is 2. The first-order chi connectivity index (χ1) is 29.5. The molecule has 0 N–H and O–H groups in total. The van der Waals surface area contributed by atoms with Crippen molar-refractivity contribution in [3.8, 4) is 0 Å². The van der Waals surface area contributed by atoms with Crippen LogP contribution in [-0.2, 0) is 53.7 Å². The number of allylic oxidation sites excluding steroid dienone is 8. The van der Waals surface area contributed by atoms with Crippen molar-refractivity contribution in [1.82, 2.24) is 0 Å². The largest absolute Gasteiger partial charge is 4.00 e. The van der Waals surface area contributed by atoms with E-state index in [0.717, 1.165) is 58.0 Å². The average Bonchev–Trinajstić information content (AvgIpc) is 4.06. The first-order valence-corrected chi connectivity index (χ1v) is 20.7. The Morgan fingerprint density at radius 3 is 1.17 bits per heavy atom. The molecule has 0 heterocycles. The van der Waals surface area contributed by atoms with Crippen LogP contribution in [0.25, 0.3) is 0 Å². The molecule has 13 heteroatoms. The van der Waals surface area contributed by atoms with Crippen LogP contribution >= 0.6 is 23.2 Å². The second-order valence-corrected chi connectivity index (χ2v) is 15.6. The molecule has 0 saturated carbocycles. The van der Waals surface area contributed by atoms with Crippen molar-refractivity contribution < 1.29 is 58.5 Å². The van der Waals surface area contributed by atoms with Gasteiger partial charge in [-0.2, -0.15) is 12.2 Å². The van der Waals surface area contributed by atoms with Gasteiger partial charge in [0.1, 0.15) is 0 Å². The summed E-state index contributed by atoms with van der Waals surface area (Å²) < 4.78 is 54.8. The topological polar surface area (TPSA) is 74.8 Å². The zero-order valence-corrected chi connectivity index (χ0v) is 38.6. The predicted octanol–water partition coefficient (Wildman–Crippen LogP) is 11.7. The van der Waals surface area contributed by atoms with Crippen molar-refractivity contribution in [3.63, 3.8) is 0 Å². The number of alkyl halides is 2. The molecule has 6 rings (SSSR count). The van der Waals surface area contributed by atoms with Crippen molar-refractivity contribution in [1.29, 1.82) is 0 Å². The Labute approximate surface area is 393 Å². The Balaban J connectivity index is 0.000000348. The molecule has 2 aliphatic carbocycles. The van der Waals surface area contributed by atoms with Crippen molar-refractivity contribution in [2.45, 2.75) is 66.2 Å². The number of carbonyl (C=O) groups is 4. The fraction of sp³-hybridized carbons (Fsp3) is 0.280. The summed E-state index contributed by atoms with van der Waals surface area (Å²) in [6.45, 7) is 6.24. The number of benzene rings is 4. The number of hydrogen-bond acceptors (Lipinski definition) is 4. The summed E-state index contributed by atoms with van der Waals surface area (Å²) in [7, 11) is 0. The van der Waals surface area contributed by atoms with Gasteiger partial charge in [-0.05, 0) is 63.0 Å². The van der Waals surface area contributed by atoms with E-state index in [1.54, 1.807) is 27.7 Å². The first-order valence-electron chi connectivity index (χ1n) is 19.6. The van der Waals surface area contributed by atoms with Crippen LogP contribution in [0, 0.1) is 58.4 Å². The number of amides is 4. The minimum atomic E-state index is -1.10. The van der Waals surface area contributed by atoms with E-state index in [-0.39, 0.29) is 57.7 Å². The van der Waals surface area contributed by atoms with Crippen LogP contribution in [0.2, 0.25) is 0 Å². The summed E-state index contributed by atoms with van der Waals surface area (Å²) in [5.41, 5.74) is -1.01. The van der Waals surface area contributed by atoms with Gasteiger partial charge in [0.25, 0.3) is 0 Å². The standard InChI is InChI=1S/2C20H19ClF2NO2.2C5H5.Ti/c2*1-20(2,13-21)19(26)24(17-10-9-15(22)12-16(17)23)18(25)11-8-14-6-4-3-5-7-14;2*1-2-4-5-3-1;/h2*3-7,9-10H,8,11,13H2,1-2H3;2*1-3H,4H2;/q4*-1;+4. The van der Waals surface area contributed by atoms with E-state index in [9.17, 15) is 36.7 Å². The van der Waals surface area contributed by atoms with Gasteiger partial charge in [0.05, 0.1) is 10.8 Å². The first kappa shape index (κ1) is 54.3. The number of nitrogens with zero attached hydrogens (tertiary/aromatic N) is 2. The number of hydrogen-bond donors (Lipinski definition) is 0. The molecule has 4 aromatic carbocycles. The average molecular weight is 936 g/mol. The van der Waals surface area contributed by atoms with Crippen molar-refractivity contribution >= 4 is 58.2 Å². The molecule has 0 atom stereocenters. The molecule has 0 bridgehead atoms. The predicted molar refractivity (Wildman–Crippen MR) is 237 cm³/mol. The maximum Gasteiger partial charge on any atom is 4.00 e. The molecule has 4 amide bonds. The SMILES string of the molecule is CC(C)(CCl)C(=O)N(C(=O)CCc1ccccc1)c1ccc(F)[c-]c1F.CC(C)(CCl)C(=O)N(C(=O)CCc1ccccc1)c1ccc(F)[c-]c1F.[C-]1=CC=CC1.[C-]1=CC=CC1.[Ti+4]. The van der Waals surface area contributed by atoms with Crippen molar-refractivity contribution in [2.24, 2.45) is 10.8 Å². The van der Waals surface area contributed by atoms with Gasteiger partial charge in [-0.15, -0.1) is 72.4 Å². The zero-order chi connectivity index (χ0) is 45.7. The van der Waals surface area contributed by atoms with Gasteiger partial charge in [-0.25, -0.2) is 41.9 Å². The van der Waals surface area contributed by atoms with Gasteiger partial charge < -0.3 is 9.80 Å². The molecular weight excluding hydrogens is 887 g/mol. The molecule has 4 aromatic rings. The maximum atomic E-state index is 14.2. The van der Waals surface area contributed by atoms with Crippen LogP contribution in [0.3, 0.4) is 0 Å². The summed E-state index contributed by atoms with van der Waals surface area (Å²) in [5, 5.41) is 0. The minimum absolute atomic E-state index is 0. The fourth-order valence-electron chi connectivity index (χ4n) is 5.35. The van der Waals surface area contributed by atoms with E-state index >= 15 is 0 Å². The molecule has 0 fully saturated rings. The molecule has 0 aromatic heterocycles. The van der Waals surface area contributed by atoms with Crippen molar-refractivity contribution in [2.75, 3.05) is 21.6 Å². The van der Waals surface area contributed by atoms with Gasteiger partial charge in [0.2, 0.25) is 23.6 Å². The molecule has 0 radical (unpaired) electrons. The van der Waals surface area contributed by atoms with E-state index in [2.05, 4.69) is 24.3 Å². The van der Waals surface area contributed by atoms with E-state index in [0.29, 0.717) is 12.8 Å². The van der Waals surface area contributed by atoms with Gasteiger partial charge in [-0.1, -0.05) is 60.7 Å². The summed E-state index contributed by atoms with van der Waals surface area (Å²) >= 11 is 11.7. The van der Waals surface area contributed by atoms with E-state index in [1.165, 1.54) is 0 Å². The Bertz CT molecular complexity index is 2050.